The monoisotopic (exact) mass is 400 g/mol. The zero-order valence-corrected chi connectivity index (χ0v) is 18.1. The SMILES string of the molecule is COc1ccc(-c2cccc(CNc3ccc(CN4CCC(C)CC4)cc3)c2)cc1. The van der Waals surface area contributed by atoms with Crippen LogP contribution in [0.4, 0.5) is 5.69 Å². The first kappa shape index (κ1) is 20.5. The summed E-state index contributed by atoms with van der Waals surface area (Å²) in [6, 6.07) is 25.8. The van der Waals surface area contributed by atoms with Gasteiger partial charge >= 0.3 is 0 Å². The summed E-state index contributed by atoms with van der Waals surface area (Å²) in [5, 5.41) is 3.56. The van der Waals surface area contributed by atoms with E-state index in [0.717, 1.165) is 24.8 Å². The maximum atomic E-state index is 5.26. The molecule has 0 atom stereocenters. The van der Waals surface area contributed by atoms with E-state index in [9.17, 15) is 0 Å². The van der Waals surface area contributed by atoms with E-state index in [1.165, 1.54) is 53.9 Å². The van der Waals surface area contributed by atoms with Crippen LogP contribution in [0.3, 0.4) is 0 Å². The number of piperidine rings is 1. The van der Waals surface area contributed by atoms with Gasteiger partial charge in [-0.2, -0.15) is 0 Å². The highest BCUT2D eigenvalue weighted by atomic mass is 16.5. The third-order valence-corrected chi connectivity index (χ3v) is 6.08. The molecule has 1 aliphatic heterocycles. The molecule has 1 aliphatic rings. The van der Waals surface area contributed by atoms with Crippen LogP contribution < -0.4 is 10.1 Å². The van der Waals surface area contributed by atoms with Crippen molar-refractivity contribution in [1.29, 1.82) is 0 Å². The van der Waals surface area contributed by atoms with Gasteiger partial charge in [0.05, 0.1) is 7.11 Å². The van der Waals surface area contributed by atoms with Gasteiger partial charge in [-0.3, -0.25) is 4.90 Å². The van der Waals surface area contributed by atoms with Crippen molar-refractivity contribution >= 4 is 5.69 Å². The number of methoxy groups -OCH3 is 1. The maximum absolute atomic E-state index is 5.26. The number of hydrogen-bond donors (Lipinski definition) is 1. The second-order valence-electron chi connectivity index (χ2n) is 8.44. The van der Waals surface area contributed by atoms with E-state index >= 15 is 0 Å². The van der Waals surface area contributed by atoms with Crippen LogP contribution in [0.15, 0.2) is 72.8 Å². The Hall–Kier alpha value is -2.78. The Kier molecular flexibility index (Phi) is 6.70. The van der Waals surface area contributed by atoms with Crippen molar-refractivity contribution in [3.05, 3.63) is 83.9 Å². The Labute approximate surface area is 180 Å². The summed E-state index contributed by atoms with van der Waals surface area (Å²) in [5.74, 6) is 1.77. The number of likely N-dealkylation sites (tertiary alicyclic amines) is 1. The van der Waals surface area contributed by atoms with Crippen LogP contribution in [-0.4, -0.2) is 25.1 Å². The summed E-state index contributed by atoms with van der Waals surface area (Å²) in [6.45, 7) is 6.70. The Morgan fingerprint density at radius 1 is 0.867 bits per heavy atom. The number of benzene rings is 3. The van der Waals surface area contributed by atoms with Crippen LogP contribution in [0.1, 0.15) is 30.9 Å². The van der Waals surface area contributed by atoms with Crippen molar-refractivity contribution in [3.63, 3.8) is 0 Å². The van der Waals surface area contributed by atoms with E-state index in [0.29, 0.717) is 0 Å². The molecule has 1 fully saturated rings. The first-order valence-electron chi connectivity index (χ1n) is 11.0. The van der Waals surface area contributed by atoms with Crippen LogP contribution in [0.2, 0.25) is 0 Å². The van der Waals surface area contributed by atoms with Crippen molar-refractivity contribution in [3.8, 4) is 16.9 Å². The lowest BCUT2D eigenvalue weighted by atomic mass is 9.99. The van der Waals surface area contributed by atoms with Crippen molar-refractivity contribution in [2.45, 2.75) is 32.9 Å². The van der Waals surface area contributed by atoms with Crippen molar-refractivity contribution in [2.75, 3.05) is 25.5 Å². The van der Waals surface area contributed by atoms with Crippen molar-refractivity contribution in [1.82, 2.24) is 4.90 Å². The Balaban J connectivity index is 1.33. The minimum absolute atomic E-state index is 0.813. The van der Waals surface area contributed by atoms with E-state index < -0.39 is 0 Å². The fraction of sp³-hybridized carbons (Fsp3) is 0.333. The van der Waals surface area contributed by atoms with E-state index in [-0.39, 0.29) is 0 Å². The highest BCUT2D eigenvalue weighted by Gasteiger charge is 2.15. The summed E-state index contributed by atoms with van der Waals surface area (Å²) in [4.78, 5) is 2.58. The number of nitrogens with one attached hydrogen (secondary N) is 1. The average molecular weight is 401 g/mol. The van der Waals surface area contributed by atoms with E-state index in [1.54, 1.807) is 7.11 Å². The van der Waals surface area contributed by atoms with Crippen LogP contribution in [-0.2, 0) is 13.1 Å². The van der Waals surface area contributed by atoms with Gasteiger partial charge in [0.2, 0.25) is 0 Å². The zero-order chi connectivity index (χ0) is 20.8. The zero-order valence-electron chi connectivity index (χ0n) is 18.1. The fourth-order valence-corrected chi connectivity index (χ4v) is 4.05. The predicted molar refractivity (Wildman–Crippen MR) is 126 cm³/mol. The number of hydrogen-bond acceptors (Lipinski definition) is 3. The van der Waals surface area contributed by atoms with Crippen molar-refractivity contribution < 1.29 is 4.74 Å². The summed E-state index contributed by atoms with van der Waals surface area (Å²) < 4.78 is 5.26. The lowest BCUT2D eigenvalue weighted by Gasteiger charge is -2.30. The molecule has 0 bridgehead atoms. The standard InChI is InChI=1S/C27H32N2O/c1-21-14-16-29(17-15-21)20-22-6-10-26(11-7-22)28-19-23-4-3-5-25(18-23)24-8-12-27(30-2)13-9-24/h3-13,18,21,28H,14-17,19-20H2,1-2H3. The molecule has 156 valence electrons. The summed E-state index contributed by atoms with van der Waals surface area (Å²) in [6.07, 6.45) is 2.66. The van der Waals surface area contributed by atoms with E-state index in [4.69, 9.17) is 4.74 Å². The summed E-state index contributed by atoms with van der Waals surface area (Å²) in [5.41, 5.74) is 6.27. The third kappa shape index (κ3) is 5.43. The van der Waals surface area contributed by atoms with Crippen LogP contribution in [0, 0.1) is 5.92 Å². The molecule has 3 aromatic carbocycles. The normalized spacial score (nSPS) is 15.1. The number of ether oxygens (including phenoxy) is 1. The smallest absolute Gasteiger partial charge is 0.118 e. The molecule has 1 N–H and O–H groups in total. The maximum Gasteiger partial charge on any atom is 0.118 e. The Bertz CT molecular complexity index is 926. The van der Waals surface area contributed by atoms with Crippen LogP contribution in [0.25, 0.3) is 11.1 Å². The second kappa shape index (κ2) is 9.82. The molecule has 0 aromatic heterocycles. The fourth-order valence-electron chi connectivity index (χ4n) is 4.05. The Morgan fingerprint density at radius 2 is 1.60 bits per heavy atom. The summed E-state index contributed by atoms with van der Waals surface area (Å²) >= 11 is 0. The molecule has 30 heavy (non-hydrogen) atoms. The molecule has 0 amide bonds. The van der Waals surface area contributed by atoms with Gasteiger partial charge in [-0.25, -0.2) is 0 Å². The molecule has 3 heteroatoms. The highest BCUT2D eigenvalue weighted by molar-refractivity contribution is 5.65. The van der Waals surface area contributed by atoms with E-state index in [1.807, 2.05) is 12.1 Å². The molecule has 0 saturated carbocycles. The number of rotatable bonds is 7. The first-order chi connectivity index (χ1) is 14.7. The molecular weight excluding hydrogens is 368 g/mol. The molecule has 0 spiro atoms. The molecule has 3 aromatic rings. The highest BCUT2D eigenvalue weighted by Crippen LogP contribution is 2.24. The lowest BCUT2D eigenvalue weighted by molar-refractivity contribution is 0.185. The van der Waals surface area contributed by atoms with E-state index in [2.05, 4.69) is 77.8 Å². The van der Waals surface area contributed by atoms with Gasteiger partial charge in [0.15, 0.2) is 0 Å². The quantitative estimate of drug-likeness (QED) is 0.510. The topological polar surface area (TPSA) is 24.5 Å². The molecule has 1 heterocycles. The summed E-state index contributed by atoms with van der Waals surface area (Å²) in [7, 11) is 1.70. The molecule has 0 unspecified atom stereocenters. The van der Waals surface area contributed by atoms with Gasteiger partial charge < -0.3 is 10.1 Å². The predicted octanol–water partition coefficient (Wildman–Crippen LogP) is 6.21. The molecular formula is C27H32N2O. The van der Waals surface area contributed by atoms with Gasteiger partial charge in [-0.1, -0.05) is 49.4 Å². The molecule has 1 saturated heterocycles. The minimum atomic E-state index is 0.813. The van der Waals surface area contributed by atoms with Gasteiger partial charge in [0.1, 0.15) is 5.75 Å². The van der Waals surface area contributed by atoms with Gasteiger partial charge in [-0.15, -0.1) is 0 Å². The van der Waals surface area contributed by atoms with Gasteiger partial charge in [0, 0.05) is 18.8 Å². The Morgan fingerprint density at radius 3 is 2.30 bits per heavy atom. The molecule has 3 nitrogen and oxygen atoms in total. The second-order valence-corrected chi connectivity index (χ2v) is 8.44. The van der Waals surface area contributed by atoms with Gasteiger partial charge in [0.25, 0.3) is 0 Å². The third-order valence-electron chi connectivity index (χ3n) is 6.08. The number of nitrogens with zero attached hydrogens (tertiary/aromatic N) is 1. The lowest BCUT2D eigenvalue weighted by Crippen LogP contribution is -2.32. The first-order valence-corrected chi connectivity index (χ1v) is 11.0. The molecule has 0 aliphatic carbocycles. The largest absolute Gasteiger partial charge is 0.497 e. The van der Waals surface area contributed by atoms with Crippen LogP contribution >= 0.6 is 0 Å². The molecule has 4 rings (SSSR count). The van der Waals surface area contributed by atoms with Gasteiger partial charge in [-0.05, 0) is 84.4 Å². The molecule has 0 radical (unpaired) electrons. The number of anilines is 1. The average Bonchev–Trinajstić information content (AvgIpc) is 2.80. The van der Waals surface area contributed by atoms with Crippen molar-refractivity contribution in [2.24, 2.45) is 5.92 Å². The van der Waals surface area contributed by atoms with Crippen LogP contribution in [0.5, 0.6) is 5.75 Å². The minimum Gasteiger partial charge on any atom is -0.497 e.